The molecule has 1 rings (SSSR count). The Balaban J connectivity index is 2.74. The summed E-state index contributed by atoms with van der Waals surface area (Å²) >= 11 is 0. The second-order valence-corrected chi connectivity index (χ2v) is 5.30. The van der Waals surface area contributed by atoms with E-state index in [1.165, 1.54) is 6.92 Å². The van der Waals surface area contributed by atoms with E-state index in [-0.39, 0.29) is 11.9 Å². The molecule has 0 heterocycles. The Bertz CT molecular complexity index is 462. The fourth-order valence-corrected chi connectivity index (χ4v) is 2.19. The van der Waals surface area contributed by atoms with Crippen LogP contribution in [0.3, 0.4) is 0 Å². The smallest absolute Gasteiger partial charge is 0.307 e. The van der Waals surface area contributed by atoms with E-state index in [0.29, 0.717) is 19.6 Å². The fraction of sp³-hybridized carbons (Fsp3) is 0.500. The van der Waals surface area contributed by atoms with Crippen LogP contribution >= 0.6 is 0 Å². The van der Waals surface area contributed by atoms with Crippen molar-refractivity contribution >= 4 is 11.9 Å². The first-order chi connectivity index (χ1) is 9.91. The van der Waals surface area contributed by atoms with E-state index in [9.17, 15) is 9.59 Å². The number of nitrogens with one attached hydrogen (secondary N) is 1. The Labute approximate surface area is 126 Å². The molecule has 5 nitrogen and oxygen atoms in total. The second-order valence-electron chi connectivity index (χ2n) is 5.30. The average Bonchev–Trinajstić information content (AvgIpc) is 2.45. The van der Waals surface area contributed by atoms with Gasteiger partial charge in [0.15, 0.2) is 0 Å². The molecule has 0 bridgehead atoms. The maximum absolute atomic E-state index is 11.1. The van der Waals surface area contributed by atoms with Crippen LogP contribution in [0.2, 0.25) is 0 Å². The molecule has 0 aliphatic carbocycles. The highest BCUT2D eigenvalue weighted by Crippen LogP contribution is 2.20. The number of aliphatic carboxylic acids is 1. The molecule has 1 amide bonds. The number of hydrogen-bond acceptors (Lipinski definition) is 3. The molecular formula is C16H24N2O3. The first-order valence-electron chi connectivity index (χ1n) is 7.18. The summed E-state index contributed by atoms with van der Waals surface area (Å²) in [7, 11) is 0. The predicted molar refractivity (Wildman–Crippen MR) is 81.9 cm³/mol. The van der Waals surface area contributed by atoms with Crippen molar-refractivity contribution in [1.29, 1.82) is 0 Å². The van der Waals surface area contributed by atoms with Gasteiger partial charge in [-0.05, 0) is 12.5 Å². The molecular weight excluding hydrogens is 268 g/mol. The van der Waals surface area contributed by atoms with Crippen LogP contribution in [-0.4, -0.2) is 41.5 Å². The predicted octanol–water partition coefficient (Wildman–Crippen LogP) is 1.91. The number of benzene rings is 1. The lowest BCUT2D eigenvalue weighted by atomic mass is 10.0. The summed E-state index contributed by atoms with van der Waals surface area (Å²) in [4.78, 5) is 24.1. The van der Waals surface area contributed by atoms with Crippen molar-refractivity contribution in [3.05, 3.63) is 35.9 Å². The molecule has 0 saturated carbocycles. The van der Waals surface area contributed by atoms with E-state index < -0.39 is 11.9 Å². The maximum atomic E-state index is 11.1. The highest BCUT2D eigenvalue weighted by Gasteiger charge is 2.21. The number of amides is 1. The Morgan fingerprint density at radius 3 is 2.38 bits per heavy atom. The molecule has 2 N–H and O–H groups in total. The zero-order valence-corrected chi connectivity index (χ0v) is 12.9. The van der Waals surface area contributed by atoms with Gasteiger partial charge in [0.05, 0.1) is 5.92 Å². The lowest BCUT2D eigenvalue weighted by Crippen LogP contribution is -2.39. The lowest BCUT2D eigenvalue weighted by molar-refractivity contribution is -0.142. The summed E-state index contributed by atoms with van der Waals surface area (Å²) in [5, 5.41) is 11.9. The number of rotatable bonds is 8. The van der Waals surface area contributed by atoms with E-state index in [2.05, 4.69) is 17.1 Å². The number of nitrogens with zero attached hydrogens (tertiary/aromatic N) is 1. The third-order valence-corrected chi connectivity index (χ3v) is 3.53. The largest absolute Gasteiger partial charge is 0.481 e. The molecule has 2 unspecified atom stereocenters. The number of carbonyl (C=O) groups is 2. The molecule has 5 heteroatoms. The Hall–Kier alpha value is -1.88. The van der Waals surface area contributed by atoms with Gasteiger partial charge in [-0.1, -0.05) is 37.3 Å². The molecule has 2 atom stereocenters. The molecule has 1 aromatic carbocycles. The number of carbonyl (C=O) groups excluding carboxylic acids is 1. The van der Waals surface area contributed by atoms with Gasteiger partial charge in [0.2, 0.25) is 5.91 Å². The van der Waals surface area contributed by atoms with Crippen LogP contribution in [0.4, 0.5) is 0 Å². The fourth-order valence-electron chi connectivity index (χ4n) is 2.19. The second kappa shape index (κ2) is 8.42. The molecule has 116 valence electrons. The molecule has 0 fully saturated rings. The summed E-state index contributed by atoms with van der Waals surface area (Å²) in [6.45, 7) is 6.81. The van der Waals surface area contributed by atoms with Crippen LogP contribution in [-0.2, 0) is 9.59 Å². The summed E-state index contributed by atoms with van der Waals surface area (Å²) in [6.07, 6.45) is 0. The number of hydrogen-bond donors (Lipinski definition) is 2. The van der Waals surface area contributed by atoms with Crippen LogP contribution in [0.5, 0.6) is 0 Å². The molecule has 0 saturated heterocycles. The average molecular weight is 292 g/mol. The van der Waals surface area contributed by atoms with Gasteiger partial charge in [-0.3, -0.25) is 14.5 Å². The summed E-state index contributed by atoms with van der Waals surface area (Å²) < 4.78 is 0. The minimum absolute atomic E-state index is 0.0754. The maximum Gasteiger partial charge on any atom is 0.307 e. The standard InChI is InChI=1S/C16H24N2O3/c1-12(16(20)21)11-18(10-9-17-14(3)19)13(2)15-7-5-4-6-8-15/h4-8,12-13H,9-11H2,1-3H3,(H,17,19)(H,20,21). The zero-order valence-electron chi connectivity index (χ0n) is 12.9. The Morgan fingerprint density at radius 2 is 1.86 bits per heavy atom. The van der Waals surface area contributed by atoms with Crippen molar-refractivity contribution < 1.29 is 14.7 Å². The SMILES string of the molecule is CC(=O)NCCN(CC(C)C(=O)O)C(C)c1ccccc1. The summed E-state index contributed by atoms with van der Waals surface area (Å²) in [6, 6.07) is 10.1. The number of carboxylic acids is 1. The van der Waals surface area contributed by atoms with Crippen molar-refractivity contribution in [2.24, 2.45) is 5.92 Å². The minimum atomic E-state index is -0.806. The summed E-state index contributed by atoms with van der Waals surface area (Å²) in [5.74, 6) is -1.33. The molecule has 0 aliphatic heterocycles. The molecule has 0 spiro atoms. The molecule has 0 radical (unpaired) electrons. The minimum Gasteiger partial charge on any atom is -0.481 e. The van der Waals surface area contributed by atoms with Crippen molar-refractivity contribution in [3.63, 3.8) is 0 Å². The Kier molecular flexibility index (Phi) is 6.88. The van der Waals surface area contributed by atoms with Crippen molar-refractivity contribution in [3.8, 4) is 0 Å². The normalized spacial score (nSPS) is 13.7. The van der Waals surface area contributed by atoms with Crippen LogP contribution in [0.1, 0.15) is 32.4 Å². The quantitative estimate of drug-likeness (QED) is 0.768. The highest BCUT2D eigenvalue weighted by molar-refractivity contribution is 5.72. The van der Waals surface area contributed by atoms with Gasteiger partial charge in [-0.15, -0.1) is 0 Å². The van der Waals surface area contributed by atoms with E-state index in [1.54, 1.807) is 6.92 Å². The molecule has 0 aromatic heterocycles. The lowest BCUT2D eigenvalue weighted by Gasteiger charge is -2.30. The van der Waals surface area contributed by atoms with Crippen LogP contribution in [0.15, 0.2) is 30.3 Å². The van der Waals surface area contributed by atoms with E-state index >= 15 is 0 Å². The van der Waals surface area contributed by atoms with Gasteiger partial charge in [-0.2, -0.15) is 0 Å². The van der Waals surface area contributed by atoms with Crippen molar-refractivity contribution in [1.82, 2.24) is 10.2 Å². The van der Waals surface area contributed by atoms with E-state index in [4.69, 9.17) is 5.11 Å². The molecule has 1 aromatic rings. The van der Waals surface area contributed by atoms with Crippen molar-refractivity contribution in [2.75, 3.05) is 19.6 Å². The third kappa shape index (κ3) is 5.95. The molecule has 0 aliphatic rings. The van der Waals surface area contributed by atoms with E-state index in [0.717, 1.165) is 5.56 Å². The van der Waals surface area contributed by atoms with E-state index in [1.807, 2.05) is 30.3 Å². The zero-order chi connectivity index (χ0) is 15.8. The van der Waals surface area contributed by atoms with Gasteiger partial charge >= 0.3 is 5.97 Å². The van der Waals surface area contributed by atoms with Gasteiger partial charge in [0.1, 0.15) is 0 Å². The van der Waals surface area contributed by atoms with Gasteiger partial charge in [0.25, 0.3) is 0 Å². The van der Waals surface area contributed by atoms with Crippen LogP contribution < -0.4 is 5.32 Å². The van der Waals surface area contributed by atoms with Gasteiger partial charge in [-0.25, -0.2) is 0 Å². The highest BCUT2D eigenvalue weighted by atomic mass is 16.4. The first-order valence-corrected chi connectivity index (χ1v) is 7.18. The van der Waals surface area contributed by atoms with Crippen molar-refractivity contribution in [2.45, 2.75) is 26.8 Å². The van der Waals surface area contributed by atoms with Gasteiger partial charge in [0, 0.05) is 32.6 Å². The van der Waals surface area contributed by atoms with Gasteiger partial charge < -0.3 is 10.4 Å². The monoisotopic (exact) mass is 292 g/mol. The van der Waals surface area contributed by atoms with Crippen LogP contribution in [0, 0.1) is 5.92 Å². The topological polar surface area (TPSA) is 69.6 Å². The van der Waals surface area contributed by atoms with Crippen LogP contribution in [0.25, 0.3) is 0 Å². The third-order valence-electron chi connectivity index (χ3n) is 3.53. The molecule has 21 heavy (non-hydrogen) atoms. The first kappa shape index (κ1) is 17.2. The number of carboxylic acid groups (broad SMARTS) is 1. The summed E-state index contributed by atoms with van der Waals surface area (Å²) in [5.41, 5.74) is 1.14. The Morgan fingerprint density at radius 1 is 1.24 bits per heavy atom.